The third-order valence-electron chi connectivity index (χ3n) is 2.87. The maximum atomic E-state index is 13.7. The number of nitrogens with zero attached hydrogens (tertiary/aromatic N) is 1. The van der Waals surface area contributed by atoms with E-state index in [1.807, 2.05) is 30.3 Å². The van der Waals surface area contributed by atoms with Gasteiger partial charge in [-0.2, -0.15) is 5.26 Å². The molecule has 19 heavy (non-hydrogen) atoms. The summed E-state index contributed by atoms with van der Waals surface area (Å²) in [5.74, 6) is -0.420. The topological polar surface area (TPSA) is 35.8 Å². The molecule has 0 spiro atoms. The Kier molecular flexibility index (Phi) is 4.15. The van der Waals surface area contributed by atoms with Crippen molar-refractivity contribution in [1.29, 1.82) is 5.26 Å². The van der Waals surface area contributed by atoms with E-state index in [0.717, 1.165) is 18.5 Å². The van der Waals surface area contributed by atoms with Crippen LogP contribution in [-0.4, -0.2) is 0 Å². The Labute approximate surface area is 112 Å². The average Bonchev–Trinajstić information content (AvgIpc) is 2.43. The minimum atomic E-state index is -0.420. The first kappa shape index (κ1) is 13.1. The number of rotatable bonds is 4. The molecule has 0 fully saturated rings. The van der Waals surface area contributed by atoms with Crippen molar-refractivity contribution < 1.29 is 4.39 Å². The van der Waals surface area contributed by atoms with Crippen LogP contribution in [0, 0.1) is 17.1 Å². The Morgan fingerprint density at radius 2 is 1.89 bits per heavy atom. The zero-order valence-corrected chi connectivity index (χ0v) is 10.8. The molecule has 0 unspecified atom stereocenters. The predicted octanol–water partition coefficient (Wildman–Crippen LogP) is 4.39. The van der Waals surface area contributed by atoms with Crippen LogP contribution in [0.1, 0.15) is 24.5 Å². The first-order valence-corrected chi connectivity index (χ1v) is 6.28. The van der Waals surface area contributed by atoms with Crippen LogP contribution in [0.5, 0.6) is 0 Å². The van der Waals surface area contributed by atoms with Crippen LogP contribution < -0.4 is 5.32 Å². The number of anilines is 2. The van der Waals surface area contributed by atoms with Gasteiger partial charge in [0.15, 0.2) is 0 Å². The fraction of sp³-hybridized carbons (Fsp3) is 0.188. The lowest BCUT2D eigenvalue weighted by Gasteiger charge is -2.08. The van der Waals surface area contributed by atoms with E-state index in [4.69, 9.17) is 5.26 Å². The fourth-order valence-electron chi connectivity index (χ4n) is 1.88. The van der Waals surface area contributed by atoms with Gasteiger partial charge >= 0.3 is 0 Å². The minimum Gasteiger partial charge on any atom is -0.353 e. The molecule has 3 heteroatoms. The van der Waals surface area contributed by atoms with Gasteiger partial charge in [0.05, 0.1) is 17.3 Å². The summed E-state index contributed by atoms with van der Waals surface area (Å²) < 4.78 is 13.7. The van der Waals surface area contributed by atoms with Gasteiger partial charge in [-0.15, -0.1) is 0 Å². The normalized spacial score (nSPS) is 9.95. The molecule has 2 aromatic rings. The summed E-state index contributed by atoms with van der Waals surface area (Å²) in [6.45, 7) is 2.14. The summed E-state index contributed by atoms with van der Waals surface area (Å²) in [6, 6.07) is 14.3. The van der Waals surface area contributed by atoms with E-state index in [1.165, 1.54) is 11.6 Å². The van der Waals surface area contributed by atoms with Crippen LogP contribution in [0.4, 0.5) is 15.8 Å². The number of benzene rings is 2. The van der Waals surface area contributed by atoms with Gasteiger partial charge in [-0.3, -0.25) is 0 Å². The summed E-state index contributed by atoms with van der Waals surface area (Å²) in [7, 11) is 0. The molecule has 0 aliphatic rings. The Morgan fingerprint density at radius 1 is 1.16 bits per heavy atom. The van der Waals surface area contributed by atoms with E-state index in [9.17, 15) is 4.39 Å². The van der Waals surface area contributed by atoms with Crippen molar-refractivity contribution in [3.63, 3.8) is 0 Å². The molecule has 1 N–H and O–H groups in total. The van der Waals surface area contributed by atoms with Crippen molar-refractivity contribution in [1.82, 2.24) is 0 Å². The molecule has 96 valence electrons. The summed E-state index contributed by atoms with van der Waals surface area (Å²) in [5.41, 5.74) is 2.81. The molecule has 0 saturated carbocycles. The Balaban J connectivity index is 2.15. The molecule has 2 nitrogen and oxygen atoms in total. The second-order valence-corrected chi connectivity index (χ2v) is 4.38. The molecule has 0 heterocycles. The van der Waals surface area contributed by atoms with Gasteiger partial charge in [-0.1, -0.05) is 25.5 Å². The monoisotopic (exact) mass is 254 g/mol. The van der Waals surface area contributed by atoms with Crippen molar-refractivity contribution in [3.8, 4) is 6.07 Å². The Morgan fingerprint density at radius 3 is 2.47 bits per heavy atom. The number of hydrogen-bond acceptors (Lipinski definition) is 2. The number of aryl methyl sites for hydroxylation is 1. The van der Waals surface area contributed by atoms with E-state index in [0.29, 0.717) is 11.3 Å². The predicted molar refractivity (Wildman–Crippen MR) is 74.8 cm³/mol. The molecular formula is C16H15FN2. The van der Waals surface area contributed by atoms with E-state index < -0.39 is 5.82 Å². The van der Waals surface area contributed by atoms with Gasteiger partial charge in [0.1, 0.15) is 5.82 Å². The molecular weight excluding hydrogens is 239 g/mol. The van der Waals surface area contributed by atoms with Gasteiger partial charge in [0.2, 0.25) is 0 Å². The van der Waals surface area contributed by atoms with Gasteiger partial charge in [0.25, 0.3) is 0 Å². The van der Waals surface area contributed by atoms with Crippen molar-refractivity contribution >= 4 is 11.4 Å². The maximum Gasteiger partial charge on any atom is 0.147 e. The lowest BCUT2D eigenvalue weighted by molar-refractivity contribution is 0.631. The zero-order chi connectivity index (χ0) is 13.7. The lowest BCUT2D eigenvalue weighted by atomic mass is 10.1. The maximum absolute atomic E-state index is 13.7. The smallest absolute Gasteiger partial charge is 0.147 e. The number of halogens is 1. The van der Waals surface area contributed by atoms with Crippen LogP contribution in [0.15, 0.2) is 42.5 Å². The van der Waals surface area contributed by atoms with Crippen LogP contribution in [0.25, 0.3) is 0 Å². The molecule has 2 rings (SSSR count). The minimum absolute atomic E-state index is 0.321. The van der Waals surface area contributed by atoms with Gasteiger partial charge in [0, 0.05) is 5.69 Å². The van der Waals surface area contributed by atoms with Gasteiger partial charge < -0.3 is 5.32 Å². The standard InChI is InChI=1S/C16H15FN2/c1-2-3-12-4-7-14(8-5-12)19-16-9-6-13(11-18)10-15(16)17/h4-10,19H,2-3H2,1H3. The Bertz CT molecular complexity index is 597. The fourth-order valence-corrected chi connectivity index (χ4v) is 1.88. The average molecular weight is 254 g/mol. The molecule has 0 aliphatic carbocycles. The van der Waals surface area contributed by atoms with E-state index >= 15 is 0 Å². The number of hydrogen-bond donors (Lipinski definition) is 1. The van der Waals surface area contributed by atoms with Crippen molar-refractivity contribution in [3.05, 3.63) is 59.4 Å². The molecule has 0 bridgehead atoms. The van der Waals surface area contributed by atoms with Crippen molar-refractivity contribution in [2.75, 3.05) is 5.32 Å². The third kappa shape index (κ3) is 3.32. The van der Waals surface area contributed by atoms with Crippen molar-refractivity contribution in [2.45, 2.75) is 19.8 Å². The largest absolute Gasteiger partial charge is 0.353 e. The quantitative estimate of drug-likeness (QED) is 0.878. The molecule has 0 aromatic heterocycles. The van der Waals surface area contributed by atoms with Crippen LogP contribution in [-0.2, 0) is 6.42 Å². The van der Waals surface area contributed by atoms with Crippen LogP contribution in [0.2, 0.25) is 0 Å². The highest BCUT2D eigenvalue weighted by Gasteiger charge is 2.03. The van der Waals surface area contributed by atoms with Crippen molar-refractivity contribution in [2.24, 2.45) is 0 Å². The summed E-state index contributed by atoms with van der Waals surface area (Å²) >= 11 is 0. The highest BCUT2D eigenvalue weighted by atomic mass is 19.1. The zero-order valence-electron chi connectivity index (χ0n) is 10.8. The number of nitriles is 1. The summed E-state index contributed by atoms with van der Waals surface area (Å²) in [5, 5.41) is 11.7. The first-order chi connectivity index (χ1) is 9.22. The van der Waals surface area contributed by atoms with Gasteiger partial charge in [-0.25, -0.2) is 4.39 Å². The van der Waals surface area contributed by atoms with Gasteiger partial charge in [-0.05, 0) is 42.3 Å². The summed E-state index contributed by atoms with van der Waals surface area (Å²) in [4.78, 5) is 0. The molecule has 0 amide bonds. The van der Waals surface area contributed by atoms with E-state index in [1.54, 1.807) is 12.1 Å². The molecule has 0 aliphatic heterocycles. The third-order valence-corrected chi connectivity index (χ3v) is 2.87. The second-order valence-electron chi connectivity index (χ2n) is 4.38. The molecule has 2 aromatic carbocycles. The highest BCUT2D eigenvalue weighted by Crippen LogP contribution is 2.21. The Hall–Kier alpha value is -2.34. The molecule has 0 saturated heterocycles. The van der Waals surface area contributed by atoms with Crippen LogP contribution >= 0.6 is 0 Å². The van der Waals surface area contributed by atoms with Crippen LogP contribution in [0.3, 0.4) is 0 Å². The van der Waals surface area contributed by atoms with E-state index in [-0.39, 0.29) is 0 Å². The number of nitrogens with one attached hydrogen (secondary N) is 1. The highest BCUT2D eigenvalue weighted by molar-refractivity contribution is 5.61. The lowest BCUT2D eigenvalue weighted by Crippen LogP contribution is -1.94. The molecule has 0 atom stereocenters. The first-order valence-electron chi connectivity index (χ1n) is 6.28. The second kappa shape index (κ2) is 6.01. The summed E-state index contributed by atoms with van der Waals surface area (Å²) in [6.07, 6.45) is 2.16. The molecule has 0 radical (unpaired) electrons. The van der Waals surface area contributed by atoms with E-state index in [2.05, 4.69) is 12.2 Å². The SMILES string of the molecule is CCCc1ccc(Nc2ccc(C#N)cc2F)cc1.